The summed E-state index contributed by atoms with van der Waals surface area (Å²) in [5.41, 5.74) is 6.87. The molecule has 1 heterocycles. The lowest BCUT2D eigenvalue weighted by Crippen LogP contribution is -2.11. The van der Waals surface area contributed by atoms with Crippen LogP contribution in [0.15, 0.2) is 46.9 Å². The fraction of sp³-hybridized carbons (Fsp3) is 0.0625. The molecular formula is C16H13NO4. The Kier molecular flexibility index (Phi) is 3.02. The monoisotopic (exact) mass is 283 g/mol. The molecule has 0 aliphatic carbocycles. The first-order valence-corrected chi connectivity index (χ1v) is 6.29. The Morgan fingerprint density at radius 2 is 1.90 bits per heavy atom. The van der Waals surface area contributed by atoms with Crippen LogP contribution in [0.25, 0.3) is 22.3 Å². The number of phenolic OH excluding ortho intramolecular Hbond substituents is 1. The molecule has 0 fully saturated rings. The van der Waals surface area contributed by atoms with Crippen molar-refractivity contribution >= 4 is 16.9 Å². The van der Waals surface area contributed by atoms with Gasteiger partial charge >= 0.3 is 0 Å². The van der Waals surface area contributed by atoms with Crippen molar-refractivity contribution in [1.29, 1.82) is 0 Å². The number of furan rings is 1. The largest absolute Gasteiger partial charge is 0.508 e. The van der Waals surface area contributed by atoms with Crippen LogP contribution in [0, 0.1) is 0 Å². The molecule has 0 saturated carbocycles. The highest BCUT2D eigenvalue weighted by molar-refractivity contribution is 6.05. The number of carbonyl (C=O) groups excluding carboxylic acids is 1. The van der Waals surface area contributed by atoms with Crippen LogP contribution >= 0.6 is 0 Å². The van der Waals surface area contributed by atoms with E-state index in [1.54, 1.807) is 42.5 Å². The van der Waals surface area contributed by atoms with Gasteiger partial charge in [-0.3, -0.25) is 4.79 Å². The van der Waals surface area contributed by atoms with Gasteiger partial charge in [0.25, 0.3) is 5.91 Å². The van der Waals surface area contributed by atoms with Crippen LogP contribution in [0.3, 0.4) is 0 Å². The molecule has 0 aliphatic heterocycles. The standard InChI is InChI=1S/C16H13NO4/c1-20-12-6-10-7-14(9-2-4-11(18)5-3-9)21-15(10)13(8-12)16(17)19/h2-8,18H,1H3,(H2,17,19). The van der Waals surface area contributed by atoms with E-state index in [0.29, 0.717) is 17.1 Å². The van der Waals surface area contributed by atoms with Crippen LogP contribution in [-0.4, -0.2) is 18.1 Å². The summed E-state index contributed by atoms with van der Waals surface area (Å²) in [7, 11) is 1.52. The molecule has 1 aromatic heterocycles. The van der Waals surface area contributed by atoms with E-state index in [4.69, 9.17) is 14.9 Å². The first kappa shape index (κ1) is 13.1. The zero-order valence-corrected chi connectivity index (χ0v) is 11.3. The number of rotatable bonds is 3. The van der Waals surface area contributed by atoms with Crippen molar-refractivity contribution in [3.05, 3.63) is 48.0 Å². The van der Waals surface area contributed by atoms with Gasteiger partial charge < -0.3 is 20.0 Å². The van der Waals surface area contributed by atoms with Crippen molar-refractivity contribution in [3.8, 4) is 22.8 Å². The van der Waals surface area contributed by atoms with Crippen LogP contribution in [-0.2, 0) is 0 Å². The van der Waals surface area contributed by atoms with Gasteiger partial charge in [0.1, 0.15) is 22.8 Å². The summed E-state index contributed by atoms with van der Waals surface area (Å²) in [6.45, 7) is 0. The second kappa shape index (κ2) is 4.86. The van der Waals surface area contributed by atoms with E-state index in [1.165, 1.54) is 7.11 Å². The summed E-state index contributed by atoms with van der Waals surface area (Å²) in [6.07, 6.45) is 0. The quantitative estimate of drug-likeness (QED) is 0.773. The highest BCUT2D eigenvalue weighted by Gasteiger charge is 2.15. The van der Waals surface area contributed by atoms with Gasteiger partial charge in [0.2, 0.25) is 0 Å². The minimum atomic E-state index is -0.578. The summed E-state index contributed by atoms with van der Waals surface area (Å²) in [6, 6.07) is 11.7. The first-order valence-electron chi connectivity index (χ1n) is 6.29. The summed E-state index contributed by atoms with van der Waals surface area (Å²) in [4.78, 5) is 11.5. The summed E-state index contributed by atoms with van der Waals surface area (Å²) >= 11 is 0. The van der Waals surface area contributed by atoms with Gasteiger partial charge in [0.05, 0.1) is 12.7 Å². The van der Waals surface area contributed by atoms with Gasteiger partial charge in [0, 0.05) is 10.9 Å². The van der Waals surface area contributed by atoms with E-state index >= 15 is 0 Å². The topological polar surface area (TPSA) is 85.7 Å². The molecule has 21 heavy (non-hydrogen) atoms. The van der Waals surface area contributed by atoms with Gasteiger partial charge in [-0.15, -0.1) is 0 Å². The molecule has 0 spiro atoms. The average molecular weight is 283 g/mol. The molecule has 0 unspecified atom stereocenters. The van der Waals surface area contributed by atoms with Crippen molar-refractivity contribution in [3.63, 3.8) is 0 Å². The average Bonchev–Trinajstić information content (AvgIpc) is 2.90. The fourth-order valence-corrected chi connectivity index (χ4v) is 2.19. The predicted molar refractivity (Wildman–Crippen MR) is 78.4 cm³/mol. The Morgan fingerprint density at radius 3 is 2.52 bits per heavy atom. The molecule has 3 rings (SSSR count). The first-order chi connectivity index (χ1) is 10.1. The number of hydrogen-bond donors (Lipinski definition) is 2. The number of methoxy groups -OCH3 is 1. The zero-order valence-electron chi connectivity index (χ0n) is 11.3. The van der Waals surface area contributed by atoms with E-state index in [-0.39, 0.29) is 11.3 Å². The molecule has 0 aliphatic rings. The van der Waals surface area contributed by atoms with E-state index < -0.39 is 5.91 Å². The Labute approximate surface area is 120 Å². The van der Waals surface area contributed by atoms with E-state index in [9.17, 15) is 9.90 Å². The number of hydrogen-bond acceptors (Lipinski definition) is 4. The van der Waals surface area contributed by atoms with Crippen LogP contribution in [0.2, 0.25) is 0 Å². The number of carbonyl (C=O) groups is 1. The maximum atomic E-state index is 11.5. The lowest BCUT2D eigenvalue weighted by Gasteiger charge is -2.02. The normalized spacial score (nSPS) is 10.7. The van der Waals surface area contributed by atoms with Crippen molar-refractivity contribution in [1.82, 2.24) is 0 Å². The number of phenols is 1. The van der Waals surface area contributed by atoms with Crippen LogP contribution in [0.4, 0.5) is 0 Å². The predicted octanol–water partition coefficient (Wildman–Crippen LogP) is 2.91. The number of fused-ring (bicyclic) bond motifs is 1. The molecule has 0 radical (unpaired) electrons. The van der Waals surface area contributed by atoms with E-state index in [1.807, 2.05) is 0 Å². The molecule has 0 saturated heterocycles. The fourth-order valence-electron chi connectivity index (χ4n) is 2.19. The van der Waals surface area contributed by atoms with Gasteiger partial charge in [-0.2, -0.15) is 0 Å². The van der Waals surface area contributed by atoms with E-state index in [0.717, 1.165) is 10.9 Å². The molecule has 106 valence electrons. The maximum Gasteiger partial charge on any atom is 0.252 e. The number of benzene rings is 2. The molecule has 0 atom stereocenters. The Bertz CT molecular complexity index is 818. The Hall–Kier alpha value is -2.95. The highest BCUT2D eigenvalue weighted by atomic mass is 16.5. The second-order valence-corrected chi connectivity index (χ2v) is 4.62. The number of nitrogens with two attached hydrogens (primary N) is 1. The minimum absolute atomic E-state index is 0.175. The summed E-state index contributed by atoms with van der Waals surface area (Å²) in [5.74, 6) is 0.718. The molecule has 5 nitrogen and oxygen atoms in total. The Morgan fingerprint density at radius 1 is 1.19 bits per heavy atom. The van der Waals surface area contributed by atoms with Gasteiger partial charge in [0.15, 0.2) is 0 Å². The van der Waals surface area contributed by atoms with Gasteiger partial charge in [-0.05, 0) is 42.5 Å². The smallest absolute Gasteiger partial charge is 0.252 e. The number of primary amides is 1. The van der Waals surface area contributed by atoms with Crippen molar-refractivity contribution < 1.29 is 19.1 Å². The Balaban J connectivity index is 2.21. The third-order valence-electron chi connectivity index (χ3n) is 3.24. The minimum Gasteiger partial charge on any atom is -0.508 e. The summed E-state index contributed by atoms with van der Waals surface area (Å²) < 4.78 is 10.9. The lowest BCUT2D eigenvalue weighted by molar-refractivity contribution is 0.100. The van der Waals surface area contributed by atoms with Crippen LogP contribution in [0.1, 0.15) is 10.4 Å². The molecular weight excluding hydrogens is 270 g/mol. The van der Waals surface area contributed by atoms with Crippen molar-refractivity contribution in [2.45, 2.75) is 0 Å². The number of ether oxygens (including phenoxy) is 1. The summed E-state index contributed by atoms with van der Waals surface area (Å²) in [5, 5.41) is 10.0. The van der Waals surface area contributed by atoms with Crippen molar-refractivity contribution in [2.24, 2.45) is 5.73 Å². The second-order valence-electron chi connectivity index (χ2n) is 4.62. The van der Waals surface area contributed by atoms with Gasteiger partial charge in [-0.1, -0.05) is 0 Å². The van der Waals surface area contributed by atoms with Crippen LogP contribution in [0.5, 0.6) is 11.5 Å². The van der Waals surface area contributed by atoms with Crippen LogP contribution < -0.4 is 10.5 Å². The molecule has 3 N–H and O–H groups in total. The molecule has 2 aromatic carbocycles. The molecule has 1 amide bonds. The van der Waals surface area contributed by atoms with Gasteiger partial charge in [-0.25, -0.2) is 0 Å². The highest BCUT2D eigenvalue weighted by Crippen LogP contribution is 2.33. The number of amides is 1. The third kappa shape index (κ3) is 2.29. The zero-order chi connectivity index (χ0) is 15.0. The third-order valence-corrected chi connectivity index (χ3v) is 3.24. The lowest BCUT2D eigenvalue weighted by atomic mass is 10.1. The number of aromatic hydroxyl groups is 1. The van der Waals surface area contributed by atoms with Crippen molar-refractivity contribution in [2.75, 3.05) is 7.11 Å². The maximum absolute atomic E-state index is 11.5. The SMILES string of the molecule is COc1cc(C(N)=O)c2oc(-c3ccc(O)cc3)cc2c1. The molecule has 5 heteroatoms. The molecule has 3 aromatic rings. The molecule has 0 bridgehead atoms. The van der Waals surface area contributed by atoms with E-state index in [2.05, 4.69) is 0 Å².